The summed E-state index contributed by atoms with van der Waals surface area (Å²) in [6.07, 6.45) is 0. The summed E-state index contributed by atoms with van der Waals surface area (Å²) in [7, 11) is 0. The van der Waals surface area contributed by atoms with E-state index in [9.17, 15) is 4.11 Å². The van der Waals surface area contributed by atoms with Crippen molar-refractivity contribution >= 4 is 43.7 Å². The number of hydrogen-bond acceptors (Lipinski definition) is 4. The van der Waals surface area contributed by atoms with Crippen molar-refractivity contribution < 1.29 is 12.6 Å². The quantitative estimate of drug-likeness (QED) is 0.161. The Hall–Kier alpha value is -8.41. The Balaban J connectivity index is 1.20. The average molecular weight is 799 g/mol. The number of hydrogen-bond donors (Lipinski definition) is 0. The number of fused-ring (bicyclic) bond motifs is 6. The predicted octanol–water partition coefficient (Wildman–Crippen LogP) is 14.9. The number of rotatable bonds is 7. The van der Waals surface area contributed by atoms with Crippen molar-refractivity contribution in [1.29, 1.82) is 0 Å². The molecule has 0 bridgehead atoms. The van der Waals surface area contributed by atoms with Crippen LogP contribution in [0.15, 0.2) is 223 Å². The van der Waals surface area contributed by atoms with Crippen LogP contribution >= 0.6 is 0 Å². The minimum absolute atomic E-state index is 0.00896. The standard InChI is InChI=1S/C57H36N4O/c1-5-16-37(17-6-1)41-28-31-51-48(34-41)49-35-42(38-18-7-2-8-19-38)29-32-52(49)61(51)50-33-30-43(36-47(50)46-26-15-25-45-44-24-13-14-27-53(44)62-54(45)46)57-59-55(39-20-9-3-10-21-39)58-56(60-57)40-22-11-4-12-23-40/h1-36H/i13D,15D,24D,25D,26D,27D. The second-order valence-electron chi connectivity index (χ2n) is 15.1. The van der Waals surface area contributed by atoms with Crippen LogP contribution in [-0.2, 0) is 0 Å². The molecule has 62 heavy (non-hydrogen) atoms. The zero-order valence-electron chi connectivity index (χ0n) is 39.0. The lowest BCUT2D eigenvalue weighted by atomic mass is 9.97. The summed E-state index contributed by atoms with van der Waals surface area (Å²) >= 11 is 0. The minimum Gasteiger partial charge on any atom is -0.455 e. The van der Waals surface area contributed by atoms with Crippen LogP contribution in [0.1, 0.15) is 8.22 Å². The summed E-state index contributed by atoms with van der Waals surface area (Å²) < 4.78 is 63.2. The molecule has 3 heterocycles. The molecule has 12 aromatic rings. The normalized spacial score (nSPS) is 12.9. The van der Waals surface area contributed by atoms with Gasteiger partial charge in [-0.15, -0.1) is 0 Å². The van der Waals surface area contributed by atoms with Gasteiger partial charge in [-0.3, -0.25) is 0 Å². The van der Waals surface area contributed by atoms with E-state index in [1.54, 1.807) is 0 Å². The highest BCUT2D eigenvalue weighted by atomic mass is 16.3. The molecule has 0 atom stereocenters. The van der Waals surface area contributed by atoms with E-state index < -0.39 is 0 Å². The monoisotopic (exact) mass is 798 g/mol. The molecule has 0 saturated heterocycles. The molecular formula is C57H36N4O. The maximum atomic E-state index is 9.69. The highest BCUT2D eigenvalue weighted by Gasteiger charge is 2.22. The van der Waals surface area contributed by atoms with Crippen LogP contribution in [0.25, 0.3) is 117 Å². The van der Waals surface area contributed by atoms with Crippen LogP contribution in [0.4, 0.5) is 0 Å². The van der Waals surface area contributed by atoms with Gasteiger partial charge in [0.2, 0.25) is 0 Å². The molecule has 0 aliphatic rings. The Kier molecular flexibility index (Phi) is 7.05. The zero-order chi connectivity index (χ0) is 46.2. The molecule has 5 nitrogen and oxygen atoms in total. The molecule has 0 aliphatic heterocycles. The van der Waals surface area contributed by atoms with Gasteiger partial charge in [0.25, 0.3) is 0 Å². The first-order valence-corrected chi connectivity index (χ1v) is 20.4. The molecule has 0 N–H and O–H groups in total. The highest BCUT2D eigenvalue weighted by Crippen LogP contribution is 2.43. The van der Waals surface area contributed by atoms with Crippen LogP contribution in [0, 0.1) is 0 Å². The molecule has 5 heteroatoms. The fourth-order valence-electron chi connectivity index (χ4n) is 8.47. The third kappa shape index (κ3) is 6.06. The summed E-state index contributed by atoms with van der Waals surface area (Å²) in [6.45, 7) is 0. The molecule has 0 aliphatic carbocycles. The van der Waals surface area contributed by atoms with Crippen molar-refractivity contribution in [3.05, 3.63) is 218 Å². The van der Waals surface area contributed by atoms with Crippen molar-refractivity contribution in [3.63, 3.8) is 0 Å². The van der Waals surface area contributed by atoms with Gasteiger partial charge in [0.05, 0.1) is 24.9 Å². The Morgan fingerprint density at radius 3 is 1.44 bits per heavy atom. The predicted molar refractivity (Wildman–Crippen MR) is 254 cm³/mol. The van der Waals surface area contributed by atoms with Gasteiger partial charge in [-0.1, -0.05) is 170 Å². The highest BCUT2D eigenvalue weighted by molar-refractivity contribution is 6.14. The lowest BCUT2D eigenvalue weighted by Crippen LogP contribution is -2.02. The second kappa shape index (κ2) is 14.7. The van der Waals surface area contributed by atoms with E-state index in [1.807, 2.05) is 115 Å². The molecule has 290 valence electrons. The van der Waals surface area contributed by atoms with Crippen LogP contribution in [0.3, 0.4) is 0 Å². The van der Waals surface area contributed by atoms with Crippen LogP contribution in [0.5, 0.6) is 0 Å². The lowest BCUT2D eigenvalue weighted by molar-refractivity contribution is 0.670. The third-order valence-electron chi connectivity index (χ3n) is 11.4. The molecule has 3 aromatic heterocycles. The van der Waals surface area contributed by atoms with Crippen molar-refractivity contribution in [2.45, 2.75) is 0 Å². The van der Waals surface area contributed by atoms with E-state index in [2.05, 4.69) is 65.2 Å². The summed E-state index contributed by atoms with van der Waals surface area (Å²) in [6, 6.07) is 58.3. The summed E-state index contributed by atoms with van der Waals surface area (Å²) in [5, 5.41) is 2.18. The van der Waals surface area contributed by atoms with Crippen molar-refractivity contribution in [2.75, 3.05) is 0 Å². The second-order valence-corrected chi connectivity index (χ2v) is 15.1. The Bertz CT molecular complexity index is 3820. The summed E-state index contributed by atoms with van der Waals surface area (Å²) in [5.74, 6) is 1.30. The van der Waals surface area contributed by atoms with E-state index in [0.29, 0.717) is 34.3 Å². The molecule has 0 saturated carbocycles. The minimum atomic E-state index is -0.381. The molecule has 9 aromatic carbocycles. The molecule has 12 rings (SSSR count). The maximum absolute atomic E-state index is 9.69. The maximum Gasteiger partial charge on any atom is 0.164 e. The third-order valence-corrected chi connectivity index (χ3v) is 11.4. The summed E-state index contributed by atoms with van der Waals surface area (Å²) in [4.78, 5) is 15.0. The van der Waals surface area contributed by atoms with Crippen LogP contribution in [0.2, 0.25) is 0 Å². The molecule has 0 amide bonds. The topological polar surface area (TPSA) is 56.7 Å². The first kappa shape index (κ1) is 29.7. The Morgan fingerprint density at radius 1 is 0.371 bits per heavy atom. The molecular weight excluding hydrogens is 757 g/mol. The number of furan rings is 1. The van der Waals surface area contributed by atoms with E-state index >= 15 is 0 Å². The molecule has 0 spiro atoms. The number of nitrogens with zero attached hydrogens (tertiary/aromatic N) is 4. The van der Waals surface area contributed by atoms with Gasteiger partial charge in [0, 0.05) is 49.4 Å². The van der Waals surface area contributed by atoms with Crippen molar-refractivity contribution in [2.24, 2.45) is 0 Å². The average Bonchev–Trinajstić information content (AvgIpc) is 3.95. The van der Waals surface area contributed by atoms with Gasteiger partial charge in [-0.05, 0) is 70.8 Å². The lowest BCUT2D eigenvalue weighted by Gasteiger charge is -2.17. The SMILES string of the molecule is [2H]c1cc([2H])c2oc3c(-c4cc(-c5nc(-c6ccccc6)nc(-c6ccccc6)n5)ccc4-n4c5ccc(-c6ccccc6)cc5c5cc(-c6ccccc6)ccc54)c([2H])c([2H])c([2H])c3c2c1[2H]. The number of para-hydroxylation sites is 2. The molecule has 0 radical (unpaired) electrons. The van der Waals surface area contributed by atoms with Gasteiger partial charge in [0.15, 0.2) is 17.5 Å². The number of aromatic nitrogens is 4. The smallest absolute Gasteiger partial charge is 0.164 e. The van der Waals surface area contributed by atoms with Crippen molar-refractivity contribution in [1.82, 2.24) is 19.5 Å². The Morgan fingerprint density at radius 2 is 0.871 bits per heavy atom. The van der Waals surface area contributed by atoms with Gasteiger partial charge in [0.1, 0.15) is 11.2 Å². The van der Waals surface area contributed by atoms with Crippen LogP contribution < -0.4 is 0 Å². The molecule has 0 fully saturated rings. The van der Waals surface area contributed by atoms with E-state index in [1.165, 1.54) is 6.07 Å². The Labute approximate surface area is 366 Å². The fourth-order valence-corrected chi connectivity index (χ4v) is 8.47. The summed E-state index contributed by atoms with van der Waals surface area (Å²) in [5.41, 5.74) is 9.56. The zero-order valence-corrected chi connectivity index (χ0v) is 33.0. The van der Waals surface area contributed by atoms with Gasteiger partial charge in [-0.25, -0.2) is 15.0 Å². The van der Waals surface area contributed by atoms with Crippen molar-refractivity contribution in [3.8, 4) is 73.2 Å². The van der Waals surface area contributed by atoms with E-state index in [-0.39, 0.29) is 63.8 Å². The molecule has 0 unspecified atom stereocenters. The largest absolute Gasteiger partial charge is 0.455 e. The van der Waals surface area contributed by atoms with Gasteiger partial charge < -0.3 is 8.98 Å². The van der Waals surface area contributed by atoms with E-state index in [4.69, 9.17) is 23.5 Å². The van der Waals surface area contributed by atoms with Gasteiger partial charge in [-0.2, -0.15) is 0 Å². The van der Waals surface area contributed by atoms with Gasteiger partial charge >= 0.3 is 0 Å². The first-order valence-electron chi connectivity index (χ1n) is 23.4. The van der Waals surface area contributed by atoms with E-state index in [0.717, 1.165) is 55.2 Å². The van der Waals surface area contributed by atoms with Crippen LogP contribution in [-0.4, -0.2) is 19.5 Å². The fraction of sp³-hybridized carbons (Fsp3) is 0. The first-order chi connectivity index (χ1) is 33.2. The number of benzene rings is 9.